The quantitative estimate of drug-likeness (QED) is 0.698. The Morgan fingerprint density at radius 3 is 2.94 bits per heavy atom. The average Bonchev–Trinajstić information content (AvgIpc) is 2.25. The van der Waals surface area contributed by atoms with E-state index in [2.05, 4.69) is 10.3 Å². The van der Waals surface area contributed by atoms with Gasteiger partial charge in [0.25, 0.3) is 0 Å². The molecule has 1 rings (SSSR count). The van der Waals surface area contributed by atoms with Crippen LogP contribution in [0.3, 0.4) is 0 Å². The number of pyridine rings is 1. The third-order valence-electron chi connectivity index (χ3n) is 1.97. The van der Waals surface area contributed by atoms with Crippen LogP contribution in [0.2, 0.25) is 0 Å². The topological polar surface area (TPSA) is 94.3 Å². The number of ether oxygens (including phenoxy) is 1. The Balaban J connectivity index is 2.46. The monoisotopic (exact) mass is 259 g/mol. The van der Waals surface area contributed by atoms with Crippen LogP contribution in [-0.4, -0.2) is 32.3 Å². The summed E-state index contributed by atoms with van der Waals surface area (Å²) in [4.78, 5) is 4.11. The van der Waals surface area contributed by atoms with E-state index >= 15 is 0 Å². The molecule has 1 aromatic heterocycles. The number of nitrogens with zero attached hydrogens (tertiary/aromatic N) is 1. The van der Waals surface area contributed by atoms with Crippen molar-refractivity contribution in [2.75, 3.05) is 24.2 Å². The number of anilines is 1. The molecule has 0 aliphatic heterocycles. The minimum Gasteiger partial charge on any atom is -0.490 e. The minimum atomic E-state index is -3.39. The summed E-state index contributed by atoms with van der Waals surface area (Å²) >= 11 is 0. The molecular formula is C10H17N3O3S. The fourth-order valence-corrected chi connectivity index (χ4v) is 1.82. The van der Waals surface area contributed by atoms with Gasteiger partial charge in [0.2, 0.25) is 10.0 Å². The van der Waals surface area contributed by atoms with Crippen molar-refractivity contribution in [2.45, 2.75) is 13.3 Å². The standard InChI is InChI=1S/C10H17N3O3S/c1-2-16-9-5-3-6-12-10(9)13-7-4-8-17(11,14)15/h3,5-6H,2,4,7-8H2,1H3,(H,12,13)(H2,11,14,15). The van der Waals surface area contributed by atoms with Crippen LogP contribution in [0, 0.1) is 0 Å². The molecule has 0 unspecified atom stereocenters. The Morgan fingerprint density at radius 2 is 2.29 bits per heavy atom. The molecule has 3 N–H and O–H groups in total. The number of nitrogens with two attached hydrogens (primary N) is 1. The maximum atomic E-state index is 10.7. The van der Waals surface area contributed by atoms with E-state index in [9.17, 15) is 8.42 Å². The Morgan fingerprint density at radius 1 is 1.53 bits per heavy atom. The Bertz CT molecular complexity index is 448. The van der Waals surface area contributed by atoms with E-state index < -0.39 is 10.0 Å². The van der Waals surface area contributed by atoms with Crippen LogP contribution in [0.25, 0.3) is 0 Å². The molecule has 6 nitrogen and oxygen atoms in total. The van der Waals surface area contributed by atoms with E-state index in [-0.39, 0.29) is 5.75 Å². The fraction of sp³-hybridized carbons (Fsp3) is 0.500. The summed E-state index contributed by atoms with van der Waals surface area (Å²) in [5.41, 5.74) is 0. The van der Waals surface area contributed by atoms with Gasteiger partial charge in [-0.3, -0.25) is 0 Å². The van der Waals surface area contributed by atoms with E-state index in [1.54, 1.807) is 18.3 Å². The molecule has 7 heteroatoms. The van der Waals surface area contributed by atoms with Gasteiger partial charge in [0.05, 0.1) is 12.4 Å². The lowest BCUT2D eigenvalue weighted by atomic mass is 10.4. The van der Waals surface area contributed by atoms with Gasteiger partial charge in [-0.2, -0.15) is 0 Å². The highest BCUT2D eigenvalue weighted by Gasteiger charge is 2.05. The lowest BCUT2D eigenvalue weighted by Gasteiger charge is -2.10. The molecule has 0 bridgehead atoms. The average molecular weight is 259 g/mol. The third-order valence-corrected chi connectivity index (χ3v) is 2.83. The number of primary sulfonamides is 1. The molecule has 1 heterocycles. The molecule has 0 fully saturated rings. The zero-order chi connectivity index (χ0) is 12.7. The molecular weight excluding hydrogens is 242 g/mol. The molecule has 0 saturated carbocycles. The first-order valence-electron chi connectivity index (χ1n) is 5.35. The summed E-state index contributed by atoms with van der Waals surface area (Å²) in [6, 6.07) is 3.58. The highest BCUT2D eigenvalue weighted by atomic mass is 32.2. The van der Waals surface area contributed by atoms with Crippen molar-refractivity contribution in [1.29, 1.82) is 0 Å². The summed E-state index contributed by atoms with van der Waals surface area (Å²) in [6.45, 7) is 2.92. The van der Waals surface area contributed by atoms with Crippen molar-refractivity contribution in [1.82, 2.24) is 4.98 Å². The molecule has 0 aromatic carbocycles. The zero-order valence-corrected chi connectivity index (χ0v) is 10.5. The second kappa shape index (κ2) is 6.41. The summed E-state index contributed by atoms with van der Waals surface area (Å²) in [6.07, 6.45) is 2.07. The van der Waals surface area contributed by atoms with Crippen LogP contribution in [-0.2, 0) is 10.0 Å². The molecule has 0 radical (unpaired) electrons. The molecule has 0 spiro atoms. The van der Waals surface area contributed by atoms with E-state index in [0.29, 0.717) is 31.1 Å². The molecule has 0 saturated heterocycles. The third kappa shape index (κ3) is 5.50. The normalized spacial score (nSPS) is 11.2. The molecule has 1 aromatic rings. The van der Waals surface area contributed by atoms with E-state index in [4.69, 9.17) is 9.88 Å². The summed E-state index contributed by atoms with van der Waals surface area (Å²) < 4.78 is 26.8. The van der Waals surface area contributed by atoms with E-state index in [1.165, 1.54) is 0 Å². The number of hydrogen-bond donors (Lipinski definition) is 2. The Hall–Kier alpha value is -1.34. The lowest BCUT2D eigenvalue weighted by Crippen LogP contribution is -2.19. The molecule has 17 heavy (non-hydrogen) atoms. The van der Waals surface area contributed by atoms with Crippen molar-refractivity contribution < 1.29 is 13.2 Å². The summed E-state index contributed by atoms with van der Waals surface area (Å²) in [5, 5.41) is 7.91. The summed E-state index contributed by atoms with van der Waals surface area (Å²) in [7, 11) is -3.39. The number of nitrogens with one attached hydrogen (secondary N) is 1. The second-order valence-electron chi connectivity index (χ2n) is 3.43. The molecule has 0 atom stereocenters. The first-order chi connectivity index (χ1) is 8.03. The van der Waals surface area contributed by atoms with Gasteiger partial charge in [-0.15, -0.1) is 0 Å². The maximum absolute atomic E-state index is 10.7. The van der Waals surface area contributed by atoms with Crippen molar-refractivity contribution in [3.63, 3.8) is 0 Å². The van der Waals surface area contributed by atoms with Crippen LogP contribution in [0.5, 0.6) is 5.75 Å². The van der Waals surface area contributed by atoms with Gasteiger partial charge in [-0.05, 0) is 25.5 Å². The highest BCUT2D eigenvalue weighted by Crippen LogP contribution is 2.20. The number of rotatable bonds is 7. The van der Waals surface area contributed by atoms with Crippen LogP contribution in [0.1, 0.15) is 13.3 Å². The molecule has 96 valence electrons. The van der Waals surface area contributed by atoms with Crippen molar-refractivity contribution in [2.24, 2.45) is 5.14 Å². The number of sulfonamides is 1. The smallest absolute Gasteiger partial charge is 0.209 e. The largest absolute Gasteiger partial charge is 0.490 e. The predicted molar refractivity (Wildman–Crippen MR) is 66.5 cm³/mol. The van der Waals surface area contributed by atoms with Crippen LogP contribution in [0.15, 0.2) is 18.3 Å². The Kier molecular flexibility index (Phi) is 5.17. The van der Waals surface area contributed by atoms with Gasteiger partial charge in [0.1, 0.15) is 0 Å². The maximum Gasteiger partial charge on any atom is 0.209 e. The Labute approximate surface area is 101 Å². The first-order valence-corrected chi connectivity index (χ1v) is 7.06. The van der Waals surface area contributed by atoms with E-state index in [1.807, 2.05) is 6.92 Å². The van der Waals surface area contributed by atoms with Crippen molar-refractivity contribution >= 4 is 15.8 Å². The minimum absolute atomic E-state index is 0.0448. The number of aromatic nitrogens is 1. The van der Waals surface area contributed by atoms with Gasteiger partial charge in [-0.1, -0.05) is 0 Å². The van der Waals surface area contributed by atoms with Gasteiger partial charge in [-0.25, -0.2) is 18.5 Å². The lowest BCUT2D eigenvalue weighted by molar-refractivity contribution is 0.340. The predicted octanol–water partition coefficient (Wildman–Crippen LogP) is 0.571. The first kappa shape index (κ1) is 13.7. The van der Waals surface area contributed by atoms with Gasteiger partial charge in [0.15, 0.2) is 11.6 Å². The highest BCUT2D eigenvalue weighted by molar-refractivity contribution is 7.89. The van der Waals surface area contributed by atoms with Gasteiger partial charge < -0.3 is 10.1 Å². The molecule has 0 aliphatic carbocycles. The summed E-state index contributed by atoms with van der Waals surface area (Å²) in [5.74, 6) is 1.23. The second-order valence-corrected chi connectivity index (χ2v) is 5.16. The van der Waals surface area contributed by atoms with Crippen molar-refractivity contribution in [3.8, 4) is 5.75 Å². The zero-order valence-electron chi connectivity index (χ0n) is 9.72. The van der Waals surface area contributed by atoms with Crippen LogP contribution in [0.4, 0.5) is 5.82 Å². The van der Waals surface area contributed by atoms with Crippen molar-refractivity contribution in [3.05, 3.63) is 18.3 Å². The van der Waals surface area contributed by atoms with Crippen LogP contribution < -0.4 is 15.2 Å². The molecule has 0 aliphatic rings. The number of hydrogen-bond acceptors (Lipinski definition) is 5. The van der Waals surface area contributed by atoms with Gasteiger partial charge >= 0.3 is 0 Å². The molecule has 0 amide bonds. The van der Waals surface area contributed by atoms with Crippen LogP contribution >= 0.6 is 0 Å². The SMILES string of the molecule is CCOc1cccnc1NCCCS(N)(=O)=O. The van der Waals surface area contributed by atoms with E-state index in [0.717, 1.165) is 0 Å². The fourth-order valence-electron chi connectivity index (χ4n) is 1.28. The van der Waals surface area contributed by atoms with Gasteiger partial charge in [0, 0.05) is 12.7 Å².